The third-order valence-corrected chi connectivity index (χ3v) is 12.5. The Morgan fingerprint density at radius 2 is 0.903 bits per heavy atom. The highest BCUT2D eigenvalue weighted by atomic mass is 15.0. The van der Waals surface area contributed by atoms with E-state index in [0.717, 1.165) is 55.3 Å². The summed E-state index contributed by atoms with van der Waals surface area (Å²) in [5, 5.41) is 11.9. The van der Waals surface area contributed by atoms with Crippen molar-refractivity contribution in [2.75, 3.05) is 0 Å². The lowest BCUT2D eigenvalue weighted by Crippen LogP contribution is -2.02. The number of fused-ring (bicyclic) bond motifs is 10. The van der Waals surface area contributed by atoms with Crippen molar-refractivity contribution in [3.63, 3.8) is 0 Å². The third kappa shape index (κ3) is 5.25. The van der Waals surface area contributed by atoms with E-state index in [-0.39, 0.29) is 0 Å². The molecule has 288 valence electrons. The number of hydrogen-bond donors (Lipinski definition) is 0. The van der Waals surface area contributed by atoms with E-state index in [0.29, 0.717) is 17.5 Å². The van der Waals surface area contributed by atoms with E-state index in [1.807, 2.05) is 18.2 Å². The van der Waals surface area contributed by atoms with Gasteiger partial charge in [0.05, 0.1) is 27.8 Å². The fourth-order valence-electron chi connectivity index (χ4n) is 9.71. The first-order valence-corrected chi connectivity index (χ1v) is 21.0. The third-order valence-electron chi connectivity index (χ3n) is 12.5. The summed E-state index contributed by atoms with van der Waals surface area (Å²) in [6, 6.07) is 75.7. The average molecular weight is 790 g/mol. The maximum atomic E-state index is 5.23. The number of nitrogens with zero attached hydrogens (tertiary/aromatic N) is 5. The molecule has 3 heterocycles. The molecule has 0 aliphatic rings. The van der Waals surface area contributed by atoms with Crippen LogP contribution in [0.3, 0.4) is 0 Å². The van der Waals surface area contributed by atoms with Crippen LogP contribution in [0.1, 0.15) is 0 Å². The molecular formula is C57H35N5. The van der Waals surface area contributed by atoms with Gasteiger partial charge < -0.3 is 9.13 Å². The van der Waals surface area contributed by atoms with Gasteiger partial charge in [-0.05, 0) is 81.5 Å². The van der Waals surface area contributed by atoms with E-state index in [9.17, 15) is 0 Å². The summed E-state index contributed by atoms with van der Waals surface area (Å²) >= 11 is 0. The molecule has 62 heavy (non-hydrogen) atoms. The quantitative estimate of drug-likeness (QED) is 0.174. The molecule has 0 aliphatic heterocycles. The zero-order valence-electron chi connectivity index (χ0n) is 33.4. The van der Waals surface area contributed by atoms with Crippen LogP contribution >= 0.6 is 0 Å². The predicted molar refractivity (Wildman–Crippen MR) is 257 cm³/mol. The second-order valence-electron chi connectivity index (χ2n) is 16.0. The average Bonchev–Trinajstić information content (AvgIpc) is 3.85. The molecule has 10 aromatic carbocycles. The summed E-state index contributed by atoms with van der Waals surface area (Å²) in [6.07, 6.45) is 0. The molecule has 0 saturated carbocycles. The minimum absolute atomic E-state index is 0.633. The Labute approximate surface area is 356 Å². The SMILES string of the molecule is c1ccc(-c2nc(-c3ccc4ccccc4c3)nc(-c3ccc(-n4c5ccccc5c5cc6c7c8ccccc8ccc7n(-c7ccccc7)c6cc54)c4ccccc34)n2)cc1. The van der Waals surface area contributed by atoms with Crippen LogP contribution in [-0.2, 0) is 0 Å². The van der Waals surface area contributed by atoms with Gasteiger partial charge in [-0.25, -0.2) is 15.0 Å². The zero-order valence-corrected chi connectivity index (χ0v) is 33.4. The molecule has 0 spiro atoms. The Balaban J connectivity index is 1.07. The molecule has 0 atom stereocenters. The van der Waals surface area contributed by atoms with Gasteiger partial charge in [-0.1, -0.05) is 158 Å². The van der Waals surface area contributed by atoms with Crippen LogP contribution in [0.2, 0.25) is 0 Å². The molecule has 5 heteroatoms. The molecule has 0 N–H and O–H groups in total. The molecule has 0 aliphatic carbocycles. The van der Waals surface area contributed by atoms with E-state index < -0.39 is 0 Å². The minimum Gasteiger partial charge on any atom is -0.309 e. The summed E-state index contributed by atoms with van der Waals surface area (Å²) in [7, 11) is 0. The van der Waals surface area contributed by atoms with E-state index in [4.69, 9.17) is 15.0 Å². The Morgan fingerprint density at radius 1 is 0.290 bits per heavy atom. The number of hydrogen-bond acceptors (Lipinski definition) is 3. The molecule has 13 rings (SSSR count). The van der Waals surface area contributed by atoms with Crippen molar-refractivity contribution in [3.8, 4) is 45.5 Å². The van der Waals surface area contributed by atoms with Crippen molar-refractivity contribution in [3.05, 3.63) is 212 Å². The normalized spacial score (nSPS) is 11.9. The van der Waals surface area contributed by atoms with Gasteiger partial charge in [0.15, 0.2) is 17.5 Å². The first kappa shape index (κ1) is 34.5. The number of aromatic nitrogens is 5. The van der Waals surface area contributed by atoms with Crippen LogP contribution in [0.4, 0.5) is 0 Å². The van der Waals surface area contributed by atoms with Crippen molar-refractivity contribution >= 4 is 75.9 Å². The summed E-state index contributed by atoms with van der Waals surface area (Å²) in [5.74, 6) is 1.91. The lowest BCUT2D eigenvalue weighted by Gasteiger charge is -2.15. The lowest BCUT2D eigenvalue weighted by atomic mass is 10.0. The molecule has 0 saturated heterocycles. The zero-order chi connectivity index (χ0) is 40.7. The van der Waals surface area contributed by atoms with Crippen molar-refractivity contribution in [2.45, 2.75) is 0 Å². The monoisotopic (exact) mass is 789 g/mol. The van der Waals surface area contributed by atoms with Gasteiger partial charge in [0.2, 0.25) is 0 Å². The van der Waals surface area contributed by atoms with E-state index in [1.165, 1.54) is 48.7 Å². The van der Waals surface area contributed by atoms with Gasteiger partial charge in [-0.15, -0.1) is 0 Å². The smallest absolute Gasteiger partial charge is 0.164 e. The van der Waals surface area contributed by atoms with Crippen molar-refractivity contribution < 1.29 is 0 Å². The van der Waals surface area contributed by atoms with E-state index >= 15 is 0 Å². The second kappa shape index (κ2) is 13.6. The van der Waals surface area contributed by atoms with Crippen LogP contribution in [0.5, 0.6) is 0 Å². The van der Waals surface area contributed by atoms with Crippen LogP contribution in [0, 0.1) is 0 Å². The molecule has 0 amide bonds. The number of rotatable bonds is 5. The summed E-state index contributed by atoms with van der Waals surface area (Å²) < 4.78 is 4.88. The van der Waals surface area contributed by atoms with Crippen LogP contribution in [0.25, 0.3) is 121 Å². The Kier molecular flexibility index (Phi) is 7.54. The molecular weight excluding hydrogens is 755 g/mol. The first-order chi connectivity index (χ1) is 30.7. The molecule has 5 nitrogen and oxygen atoms in total. The Morgan fingerprint density at radius 3 is 1.73 bits per heavy atom. The summed E-state index contributed by atoms with van der Waals surface area (Å²) in [6.45, 7) is 0. The van der Waals surface area contributed by atoms with Gasteiger partial charge in [-0.2, -0.15) is 0 Å². The predicted octanol–water partition coefficient (Wildman–Crippen LogP) is 14.5. The summed E-state index contributed by atoms with van der Waals surface area (Å²) in [4.78, 5) is 15.5. The van der Waals surface area contributed by atoms with Gasteiger partial charge >= 0.3 is 0 Å². The maximum absolute atomic E-state index is 5.23. The molecule has 13 aromatic rings. The Hall–Kier alpha value is -8.41. The fourth-order valence-corrected chi connectivity index (χ4v) is 9.71. The first-order valence-electron chi connectivity index (χ1n) is 21.0. The van der Waals surface area contributed by atoms with E-state index in [2.05, 4.69) is 203 Å². The van der Waals surface area contributed by atoms with Gasteiger partial charge in [0.25, 0.3) is 0 Å². The standard InChI is InChI=1S/C57H35N5/c1-3-17-38(18-4-1)55-58-56(40-28-27-36-15-7-8-19-39(36)33-40)60-57(59-55)46-30-32-50(44-24-12-11-23-43(44)46)62-49-26-14-13-25-45(49)47-34-48-53(35-52(47)62)61(41-20-5-2-6-21-41)51-31-29-37-16-9-10-22-42(37)54(48)51/h1-35H. The van der Waals surface area contributed by atoms with Crippen molar-refractivity contribution in [1.29, 1.82) is 0 Å². The van der Waals surface area contributed by atoms with Crippen LogP contribution in [0.15, 0.2) is 212 Å². The minimum atomic E-state index is 0.633. The maximum Gasteiger partial charge on any atom is 0.164 e. The number of benzene rings is 10. The molecule has 3 aromatic heterocycles. The fraction of sp³-hybridized carbons (Fsp3) is 0. The lowest BCUT2D eigenvalue weighted by molar-refractivity contribution is 1.08. The van der Waals surface area contributed by atoms with Gasteiger partial charge in [0.1, 0.15) is 0 Å². The molecule has 0 unspecified atom stereocenters. The van der Waals surface area contributed by atoms with Crippen LogP contribution in [-0.4, -0.2) is 24.1 Å². The van der Waals surface area contributed by atoms with Crippen LogP contribution < -0.4 is 0 Å². The second-order valence-corrected chi connectivity index (χ2v) is 16.0. The largest absolute Gasteiger partial charge is 0.309 e. The topological polar surface area (TPSA) is 48.5 Å². The summed E-state index contributed by atoms with van der Waals surface area (Å²) in [5.41, 5.74) is 9.72. The molecule has 0 bridgehead atoms. The Bertz CT molecular complexity index is 3920. The highest BCUT2D eigenvalue weighted by Gasteiger charge is 2.22. The van der Waals surface area contributed by atoms with E-state index in [1.54, 1.807) is 0 Å². The highest BCUT2D eigenvalue weighted by molar-refractivity contribution is 6.25. The van der Waals surface area contributed by atoms with Gasteiger partial charge in [-0.3, -0.25) is 0 Å². The molecule has 0 fully saturated rings. The van der Waals surface area contributed by atoms with Crippen molar-refractivity contribution in [2.24, 2.45) is 0 Å². The van der Waals surface area contributed by atoms with Gasteiger partial charge in [0, 0.05) is 49.3 Å². The molecule has 0 radical (unpaired) electrons. The number of para-hydroxylation sites is 2. The highest BCUT2D eigenvalue weighted by Crippen LogP contribution is 2.43. The van der Waals surface area contributed by atoms with Crippen molar-refractivity contribution in [1.82, 2.24) is 24.1 Å².